The van der Waals surface area contributed by atoms with Crippen LogP contribution in [-0.4, -0.2) is 23.4 Å². The Morgan fingerprint density at radius 3 is 0.891 bits per heavy atom. The SMILES string of the molecule is CCCCCCCCCCCCCCCCCC(=O)C(C)(C(=O)CCCCCCCCCCCCCCCCC)C1OC1(C)[NH3+].[Cl-]. The van der Waals surface area contributed by atoms with Gasteiger partial charge in [-0.25, -0.2) is 0 Å². The molecule has 0 aromatic rings. The van der Waals surface area contributed by atoms with Crippen LogP contribution in [0.2, 0.25) is 0 Å². The molecule has 0 aromatic carbocycles. The lowest BCUT2D eigenvalue weighted by atomic mass is 9.73. The van der Waals surface area contributed by atoms with E-state index in [1.807, 2.05) is 13.8 Å². The fourth-order valence-corrected chi connectivity index (χ4v) is 7.24. The Balaban J connectivity index is 0.0000202. The van der Waals surface area contributed by atoms with Crippen LogP contribution in [0.5, 0.6) is 0 Å². The minimum absolute atomic E-state index is 0. The fraction of sp³-hybridized carbons (Fsp3) is 0.951. The number of Topliss-reactive ketones (excluding diaryl/α,β-unsaturated/α-hetero) is 2. The molecule has 1 fully saturated rings. The highest BCUT2D eigenvalue weighted by atomic mass is 35.5. The van der Waals surface area contributed by atoms with Gasteiger partial charge in [0.1, 0.15) is 17.0 Å². The van der Waals surface area contributed by atoms with Crippen molar-refractivity contribution >= 4 is 11.6 Å². The number of halogens is 1. The standard InChI is InChI=1S/C41H79NO3.ClH/c1-5-7-9-11-13-15-17-19-21-23-25-27-29-31-33-35-37(43)40(3,39-41(4,42)45-39)38(44)36-34-32-30-28-26-24-22-20-18-16-14-12-10-8-6-2;/h39H,5-36,42H2,1-4H3;1H. The number of hydrogen-bond donors (Lipinski definition) is 1. The van der Waals surface area contributed by atoms with Gasteiger partial charge in [0.15, 0.2) is 6.10 Å². The summed E-state index contributed by atoms with van der Waals surface area (Å²) in [5, 5.41) is 0. The highest BCUT2D eigenvalue weighted by molar-refractivity contribution is 6.07. The molecule has 0 saturated carbocycles. The van der Waals surface area contributed by atoms with Gasteiger partial charge in [-0.2, -0.15) is 0 Å². The zero-order chi connectivity index (χ0) is 33.1. The van der Waals surface area contributed by atoms with Crippen molar-refractivity contribution in [2.75, 3.05) is 0 Å². The van der Waals surface area contributed by atoms with Gasteiger partial charge in [0.2, 0.25) is 5.72 Å². The molecule has 2 atom stereocenters. The van der Waals surface area contributed by atoms with Crippen LogP contribution in [0.15, 0.2) is 0 Å². The van der Waals surface area contributed by atoms with E-state index in [4.69, 9.17) is 4.74 Å². The molecule has 274 valence electrons. The zero-order valence-electron chi connectivity index (χ0n) is 31.5. The molecule has 1 aliphatic rings. The maximum atomic E-state index is 13.4. The number of hydrogen-bond acceptors (Lipinski definition) is 3. The van der Waals surface area contributed by atoms with Crippen molar-refractivity contribution in [3.05, 3.63) is 0 Å². The van der Waals surface area contributed by atoms with Crippen LogP contribution in [-0.2, 0) is 14.3 Å². The van der Waals surface area contributed by atoms with Crippen molar-refractivity contribution in [2.24, 2.45) is 5.41 Å². The van der Waals surface area contributed by atoms with Crippen molar-refractivity contribution in [2.45, 2.75) is 245 Å². The van der Waals surface area contributed by atoms with Gasteiger partial charge in [-0.1, -0.05) is 194 Å². The van der Waals surface area contributed by atoms with Crippen LogP contribution in [0.1, 0.15) is 233 Å². The van der Waals surface area contributed by atoms with Crippen LogP contribution in [0, 0.1) is 5.41 Å². The van der Waals surface area contributed by atoms with Gasteiger partial charge in [-0.15, -0.1) is 0 Å². The van der Waals surface area contributed by atoms with Crippen molar-refractivity contribution in [3.8, 4) is 0 Å². The minimum atomic E-state index is -1.03. The number of quaternary nitrogens is 1. The van der Waals surface area contributed by atoms with E-state index < -0.39 is 11.1 Å². The van der Waals surface area contributed by atoms with Crippen LogP contribution in [0.4, 0.5) is 0 Å². The second-order valence-corrected chi connectivity index (χ2v) is 15.3. The molecule has 1 rings (SSSR count). The maximum Gasteiger partial charge on any atom is 0.224 e. The summed E-state index contributed by atoms with van der Waals surface area (Å²) in [7, 11) is 0. The Morgan fingerprint density at radius 1 is 0.500 bits per heavy atom. The number of epoxide rings is 1. The Bertz CT molecular complexity index is 678. The molecule has 2 unspecified atom stereocenters. The van der Waals surface area contributed by atoms with Gasteiger partial charge < -0.3 is 22.9 Å². The largest absolute Gasteiger partial charge is 1.00 e. The minimum Gasteiger partial charge on any atom is -1.00 e. The smallest absolute Gasteiger partial charge is 0.224 e. The molecule has 1 aliphatic heterocycles. The summed E-state index contributed by atoms with van der Waals surface area (Å²) >= 11 is 0. The molecule has 0 spiro atoms. The van der Waals surface area contributed by atoms with E-state index in [2.05, 4.69) is 19.6 Å². The first kappa shape index (κ1) is 45.6. The normalized spacial score (nSPS) is 17.6. The first-order chi connectivity index (χ1) is 21.8. The Hall–Kier alpha value is -0.450. The number of carbonyl (C=O) groups excluding carboxylic acids is 2. The van der Waals surface area contributed by atoms with Gasteiger partial charge in [-0.05, 0) is 19.8 Å². The van der Waals surface area contributed by atoms with E-state index in [0.717, 1.165) is 25.7 Å². The molecule has 3 N–H and O–H groups in total. The third-order valence-electron chi connectivity index (χ3n) is 10.6. The Kier molecular flexibility index (Phi) is 29.2. The molecular weight excluding hydrogens is 590 g/mol. The third kappa shape index (κ3) is 21.5. The lowest BCUT2D eigenvalue weighted by Crippen LogP contribution is -3.00. The summed E-state index contributed by atoms with van der Waals surface area (Å²) in [6.45, 7) is 8.33. The van der Waals surface area contributed by atoms with Crippen LogP contribution >= 0.6 is 0 Å². The maximum absolute atomic E-state index is 13.4. The van der Waals surface area contributed by atoms with Crippen LogP contribution in [0.3, 0.4) is 0 Å². The van der Waals surface area contributed by atoms with E-state index in [-0.39, 0.29) is 30.1 Å². The number of carbonyl (C=O) groups is 2. The first-order valence-electron chi connectivity index (χ1n) is 20.4. The summed E-state index contributed by atoms with van der Waals surface area (Å²) in [6, 6.07) is 0. The van der Waals surface area contributed by atoms with Crippen LogP contribution < -0.4 is 18.1 Å². The fourth-order valence-electron chi connectivity index (χ4n) is 7.24. The Morgan fingerprint density at radius 2 is 0.696 bits per heavy atom. The lowest BCUT2D eigenvalue weighted by Gasteiger charge is -2.25. The highest BCUT2D eigenvalue weighted by Crippen LogP contribution is 2.45. The number of ketones is 2. The van der Waals surface area contributed by atoms with E-state index in [9.17, 15) is 9.59 Å². The van der Waals surface area contributed by atoms with E-state index in [0.29, 0.717) is 12.8 Å². The van der Waals surface area contributed by atoms with Gasteiger partial charge in [0.05, 0.1) is 0 Å². The number of rotatable bonds is 35. The summed E-state index contributed by atoms with van der Waals surface area (Å²) in [5.41, 5.74) is 2.49. The molecule has 0 amide bonds. The predicted octanol–water partition coefficient (Wildman–Crippen LogP) is 9.01. The predicted molar refractivity (Wildman–Crippen MR) is 193 cm³/mol. The van der Waals surface area contributed by atoms with E-state index in [1.54, 1.807) is 0 Å². The van der Waals surface area contributed by atoms with Gasteiger partial charge >= 0.3 is 0 Å². The van der Waals surface area contributed by atoms with Gasteiger partial charge in [0, 0.05) is 19.8 Å². The molecular formula is C41H80ClNO3. The van der Waals surface area contributed by atoms with E-state index >= 15 is 0 Å². The average Bonchev–Trinajstić information content (AvgIpc) is 3.68. The van der Waals surface area contributed by atoms with Crippen molar-refractivity contribution in [1.82, 2.24) is 0 Å². The summed E-state index contributed by atoms with van der Waals surface area (Å²) in [6.07, 6.45) is 40.0. The van der Waals surface area contributed by atoms with Crippen molar-refractivity contribution < 1.29 is 32.5 Å². The molecule has 0 bridgehead atoms. The molecule has 5 heteroatoms. The zero-order valence-corrected chi connectivity index (χ0v) is 32.3. The third-order valence-corrected chi connectivity index (χ3v) is 10.6. The molecule has 0 aliphatic carbocycles. The second kappa shape index (κ2) is 29.5. The highest BCUT2D eigenvalue weighted by Gasteiger charge is 2.67. The topological polar surface area (TPSA) is 74.3 Å². The summed E-state index contributed by atoms with van der Waals surface area (Å²) in [4.78, 5) is 26.9. The molecule has 0 radical (unpaired) electrons. The number of ether oxygens (including phenoxy) is 1. The van der Waals surface area contributed by atoms with Crippen LogP contribution in [0.25, 0.3) is 0 Å². The second-order valence-electron chi connectivity index (χ2n) is 15.3. The quantitative estimate of drug-likeness (QED) is 0.0416. The van der Waals surface area contributed by atoms with E-state index in [1.165, 1.54) is 167 Å². The summed E-state index contributed by atoms with van der Waals surface area (Å²) in [5.74, 6) is 0.168. The molecule has 1 saturated heterocycles. The van der Waals surface area contributed by atoms with Crippen molar-refractivity contribution in [3.63, 3.8) is 0 Å². The molecule has 1 heterocycles. The molecule has 46 heavy (non-hydrogen) atoms. The average molecular weight is 671 g/mol. The van der Waals surface area contributed by atoms with Crippen molar-refractivity contribution in [1.29, 1.82) is 0 Å². The van der Waals surface area contributed by atoms with Gasteiger partial charge in [-0.3, -0.25) is 9.59 Å². The Labute approximate surface area is 293 Å². The number of unbranched alkanes of at least 4 members (excludes halogenated alkanes) is 28. The monoisotopic (exact) mass is 670 g/mol. The lowest BCUT2D eigenvalue weighted by molar-refractivity contribution is -0.464. The van der Waals surface area contributed by atoms with Gasteiger partial charge in [0.25, 0.3) is 0 Å². The molecule has 4 nitrogen and oxygen atoms in total. The first-order valence-corrected chi connectivity index (χ1v) is 20.4. The summed E-state index contributed by atoms with van der Waals surface area (Å²) < 4.78 is 5.82. The molecule has 0 aromatic heterocycles.